The first kappa shape index (κ1) is 14.8. The molecular formula is C19H29NO2. The standard InChI is InChI=1S/C19H29NO2/c1-18-7-5-12(21)9-11(18)10-15(20)17-13-3-4-16(22)19(13,2)8-6-14(17)18/h5,7,10-14,16-17,21-22H,3-4,6,8-9,20H2,1-2H3/t11?,12-,13-,14-,16-,17-,18-,19-/m0/s1. The third kappa shape index (κ3) is 1.75. The number of aliphatic hydroxyl groups is 2. The summed E-state index contributed by atoms with van der Waals surface area (Å²) in [4.78, 5) is 0. The fourth-order valence-electron chi connectivity index (χ4n) is 6.30. The molecule has 122 valence electrons. The van der Waals surface area contributed by atoms with E-state index in [0.29, 0.717) is 23.7 Å². The van der Waals surface area contributed by atoms with E-state index in [9.17, 15) is 10.2 Å². The average molecular weight is 303 g/mol. The van der Waals surface area contributed by atoms with Crippen molar-refractivity contribution in [2.45, 2.75) is 58.2 Å². The molecule has 0 aromatic carbocycles. The first-order valence-corrected chi connectivity index (χ1v) is 8.89. The van der Waals surface area contributed by atoms with Gasteiger partial charge in [0.15, 0.2) is 0 Å². The van der Waals surface area contributed by atoms with E-state index in [1.165, 1.54) is 0 Å². The molecule has 0 bridgehead atoms. The number of nitrogens with two attached hydrogens (primary N) is 1. The Labute approximate surface area is 133 Å². The molecule has 8 atom stereocenters. The Bertz CT molecular complexity index is 542. The molecule has 0 amide bonds. The minimum Gasteiger partial charge on any atom is -0.402 e. The summed E-state index contributed by atoms with van der Waals surface area (Å²) in [5.41, 5.74) is 7.72. The Morgan fingerprint density at radius 2 is 1.91 bits per heavy atom. The second-order valence-electron chi connectivity index (χ2n) is 8.68. The Hall–Kier alpha value is -0.800. The largest absolute Gasteiger partial charge is 0.402 e. The van der Waals surface area contributed by atoms with E-state index in [-0.39, 0.29) is 23.0 Å². The zero-order chi connectivity index (χ0) is 15.7. The quantitative estimate of drug-likeness (QED) is 0.603. The van der Waals surface area contributed by atoms with Crippen LogP contribution in [0.2, 0.25) is 0 Å². The van der Waals surface area contributed by atoms with Crippen LogP contribution in [0.3, 0.4) is 0 Å². The van der Waals surface area contributed by atoms with Crippen molar-refractivity contribution in [1.29, 1.82) is 0 Å². The molecule has 0 saturated heterocycles. The molecule has 4 aliphatic rings. The summed E-state index contributed by atoms with van der Waals surface area (Å²) < 4.78 is 0. The molecule has 0 heterocycles. The molecule has 0 aliphatic heterocycles. The molecule has 22 heavy (non-hydrogen) atoms. The van der Waals surface area contributed by atoms with Gasteiger partial charge in [0, 0.05) is 11.6 Å². The van der Waals surface area contributed by atoms with Gasteiger partial charge < -0.3 is 15.9 Å². The number of allylic oxidation sites excluding steroid dienone is 3. The highest BCUT2D eigenvalue weighted by Gasteiger charge is 2.59. The first-order chi connectivity index (χ1) is 10.4. The highest BCUT2D eigenvalue weighted by Crippen LogP contribution is 2.64. The van der Waals surface area contributed by atoms with Crippen molar-refractivity contribution in [2.24, 2.45) is 40.2 Å². The zero-order valence-electron chi connectivity index (χ0n) is 13.7. The third-order valence-corrected chi connectivity index (χ3v) is 7.77. The maximum Gasteiger partial charge on any atom is 0.0727 e. The third-order valence-electron chi connectivity index (χ3n) is 7.77. The normalized spacial score (nSPS) is 56.8. The number of rotatable bonds is 0. The maximum atomic E-state index is 10.5. The van der Waals surface area contributed by atoms with Gasteiger partial charge in [0.05, 0.1) is 12.2 Å². The summed E-state index contributed by atoms with van der Waals surface area (Å²) in [7, 11) is 0. The number of aliphatic hydroxyl groups excluding tert-OH is 2. The molecule has 1 unspecified atom stereocenters. The molecule has 3 nitrogen and oxygen atoms in total. The summed E-state index contributed by atoms with van der Waals surface area (Å²) >= 11 is 0. The van der Waals surface area contributed by atoms with Gasteiger partial charge in [-0.1, -0.05) is 32.1 Å². The molecule has 0 radical (unpaired) electrons. The van der Waals surface area contributed by atoms with Crippen LogP contribution >= 0.6 is 0 Å². The Balaban J connectivity index is 1.76. The van der Waals surface area contributed by atoms with E-state index in [0.717, 1.165) is 37.8 Å². The lowest BCUT2D eigenvalue weighted by Crippen LogP contribution is -2.53. The highest BCUT2D eigenvalue weighted by molar-refractivity contribution is 5.28. The van der Waals surface area contributed by atoms with Gasteiger partial charge in [-0.25, -0.2) is 0 Å². The molecule has 4 N–H and O–H groups in total. The fraction of sp³-hybridized carbons (Fsp3) is 0.789. The SMILES string of the molecule is C[C@]12CC[C@H]3[C@@H](C(N)=CC4C[C@@H](O)C=C[C@@]43C)[C@@H]1CC[C@@H]2O. The van der Waals surface area contributed by atoms with Gasteiger partial charge in [-0.15, -0.1) is 0 Å². The van der Waals surface area contributed by atoms with Gasteiger partial charge >= 0.3 is 0 Å². The van der Waals surface area contributed by atoms with Crippen LogP contribution in [0.15, 0.2) is 23.9 Å². The van der Waals surface area contributed by atoms with E-state index in [1.54, 1.807) is 0 Å². The average Bonchev–Trinajstić information content (AvgIpc) is 2.77. The summed E-state index contributed by atoms with van der Waals surface area (Å²) in [6.45, 7) is 4.63. The number of hydrogen-bond donors (Lipinski definition) is 3. The van der Waals surface area contributed by atoms with E-state index >= 15 is 0 Å². The maximum absolute atomic E-state index is 10.5. The molecule has 2 saturated carbocycles. The van der Waals surface area contributed by atoms with Crippen molar-refractivity contribution in [2.75, 3.05) is 0 Å². The second kappa shape index (κ2) is 4.61. The molecule has 3 heteroatoms. The number of hydrogen-bond acceptors (Lipinski definition) is 3. The molecule has 0 spiro atoms. The predicted molar refractivity (Wildman–Crippen MR) is 86.7 cm³/mol. The molecule has 4 aliphatic carbocycles. The van der Waals surface area contributed by atoms with Gasteiger partial charge in [-0.3, -0.25) is 0 Å². The predicted octanol–water partition coefficient (Wildman–Crippen LogP) is 2.59. The van der Waals surface area contributed by atoms with Crippen LogP contribution in [-0.4, -0.2) is 22.4 Å². The van der Waals surface area contributed by atoms with E-state index < -0.39 is 0 Å². The molecular weight excluding hydrogens is 274 g/mol. The van der Waals surface area contributed by atoms with Crippen molar-refractivity contribution in [3.63, 3.8) is 0 Å². The zero-order valence-corrected chi connectivity index (χ0v) is 13.7. The summed E-state index contributed by atoms with van der Waals surface area (Å²) in [6, 6.07) is 0. The molecule has 2 fully saturated rings. The smallest absolute Gasteiger partial charge is 0.0727 e. The Kier molecular flexibility index (Phi) is 3.09. The van der Waals surface area contributed by atoms with E-state index in [1.807, 2.05) is 6.08 Å². The van der Waals surface area contributed by atoms with Crippen LogP contribution in [0.25, 0.3) is 0 Å². The van der Waals surface area contributed by atoms with E-state index in [4.69, 9.17) is 5.73 Å². The lowest BCUT2D eigenvalue weighted by Gasteiger charge is -2.57. The monoisotopic (exact) mass is 303 g/mol. The van der Waals surface area contributed by atoms with Crippen LogP contribution in [0, 0.1) is 34.5 Å². The summed E-state index contributed by atoms with van der Waals surface area (Å²) in [5.74, 6) is 1.81. The van der Waals surface area contributed by atoms with E-state index in [2.05, 4.69) is 26.0 Å². The van der Waals surface area contributed by atoms with Gasteiger partial charge in [0.1, 0.15) is 0 Å². The number of fused-ring (bicyclic) bond motifs is 5. The lowest BCUT2D eigenvalue weighted by molar-refractivity contribution is -0.0631. The fourth-order valence-corrected chi connectivity index (χ4v) is 6.30. The van der Waals surface area contributed by atoms with Crippen molar-refractivity contribution < 1.29 is 10.2 Å². The summed E-state index contributed by atoms with van der Waals surface area (Å²) in [6.07, 6.45) is 11.0. The van der Waals surface area contributed by atoms with Crippen LogP contribution in [-0.2, 0) is 0 Å². The van der Waals surface area contributed by atoms with Gasteiger partial charge in [0.2, 0.25) is 0 Å². The van der Waals surface area contributed by atoms with Gasteiger partial charge in [-0.05, 0) is 60.7 Å². The van der Waals surface area contributed by atoms with Crippen LogP contribution in [0.1, 0.15) is 46.0 Å². The minimum absolute atomic E-state index is 0.0424. The van der Waals surface area contributed by atoms with Crippen molar-refractivity contribution >= 4 is 0 Å². The second-order valence-corrected chi connectivity index (χ2v) is 8.68. The first-order valence-electron chi connectivity index (χ1n) is 8.89. The van der Waals surface area contributed by atoms with Gasteiger partial charge in [-0.2, -0.15) is 0 Å². The highest BCUT2D eigenvalue weighted by atomic mass is 16.3. The van der Waals surface area contributed by atoms with Crippen molar-refractivity contribution in [3.05, 3.63) is 23.9 Å². The minimum atomic E-state index is -0.333. The molecule has 0 aromatic heterocycles. The van der Waals surface area contributed by atoms with Crippen LogP contribution in [0.4, 0.5) is 0 Å². The Morgan fingerprint density at radius 3 is 2.68 bits per heavy atom. The van der Waals surface area contributed by atoms with Crippen LogP contribution < -0.4 is 5.73 Å². The Morgan fingerprint density at radius 1 is 1.14 bits per heavy atom. The van der Waals surface area contributed by atoms with Crippen LogP contribution in [0.5, 0.6) is 0 Å². The van der Waals surface area contributed by atoms with Crippen molar-refractivity contribution in [3.8, 4) is 0 Å². The molecule has 4 rings (SSSR count). The van der Waals surface area contributed by atoms with Crippen molar-refractivity contribution in [1.82, 2.24) is 0 Å². The topological polar surface area (TPSA) is 66.5 Å². The lowest BCUT2D eigenvalue weighted by atomic mass is 9.47. The summed E-state index contributed by atoms with van der Waals surface area (Å²) in [5, 5.41) is 20.5. The molecule has 0 aromatic rings. The van der Waals surface area contributed by atoms with Gasteiger partial charge in [0.25, 0.3) is 0 Å².